The summed E-state index contributed by atoms with van der Waals surface area (Å²) in [5.41, 5.74) is 2.80. The number of methoxy groups -OCH3 is 1. The third-order valence-corrected chi connectivity index (χ3v) is 6.14. The first kappa shape index (κ1) is 25.1. The lowest BCUT2D eigenvalue weighted by Gasteiger charge is -2.33. The molecule has 36 heavy (non-hydrogen) atoms. The Morgan fingerprint density at radius 2 is 1.61 bits per heavy atom. The molecule has 2 amide bonds. The number of rotatable bonds is 10. The number of hydrogen-bond donors (Lipinski definition) is 1. The monoisotopic (exact) mass is 488 g/mol. The fraction of sp³-hybridized carbons (Fsp3) is 0.310. The summed E-state index contributed by atoms with van der Waals surface area (Å²) in [7, 11) is 1.62. The largest absolute Gasteiger partial charge is 0.497 e. The minimum Gasteiger partial charge on any atom is -0.497 e. The van der Waals surface area contributed by atoms with E-state index in [0.717, 1.165) is 22.4 Å². The van der Waals surface area contributed by atoms with Gasteiger partial charge >= 0.3 is 0 Å². The van der Waals surface area contributed by atoms with E-state index in [1.54, 1.807) is 12.0 Å². The Labute approximate surface area is 212 Å². The Morgan fingerprint density at radius 1 is 0.917 bits per heavy atom. The summed E-state index contributed by atoms with van der Waals surface area (Å²) in [5.74, 6) is 1.55. The van der Waals surface area contributed by atoms with Crippen LogP contribution >= 0.6 is 0 Å². The van der Waals surface area contributed by atoms with Crippen molar-refractivity contribution in [3.63, 3.8) is 0 Å². The van der Waals surface area contributed by atoms with E-state index in [1.807, 2.05) is 86.6 Å². The van der Waals surface area contributed by atoms with Gasteiger partial charge in [0, 0.05) is 25.4 Å². The van der Waals surface area contributed by atoms with Crippen LogP contribution in [0.15, 0.2) is 72.8 Å². The number of carbonyl (C=O) groups is 2. The Morgan fingerprint density at radius 3 is 2.31 bits per heavy atom. The molecular formula is C29H32N2O5. The molecule has 0 aliphatic carbocycles. The van der Waals surface area contributed by atoms with Crippen LogP contribution in [0.4, 0.5) is 0 Å². The van der Waals surface area contributed by atoms with Crippen molar-refractivity contribution in [2.75, 3.05) is 13.9 Å². The second-order valence-electron chi connectivity index (χ2n) is 9.08. The van der Waals surface area contributed by atoms with Crippen LogP contribution in [0.5, 0.6) is 17.2 Å². The lowest BCUT2D eigenvalue weighted by molar-refractivity contribution is -0.143. The van der Waals surface area contributed by atoms with Gasteiger partial charge in [-0.05, 0) is 41.0 Å². The van der Waals surface area contributed by atoms with E-state index in [0.29, 0.717) is 31.0 Å². The summed E-state index contributed by atoms with van der Waals surface area (Å²) in [4.78, 5) is 28.7. The summed E-state index contributed by atoms with van der Waals surface area (Å²) in [6.45, 7) is 4.53. The maximum atomic E-state index is 13.6. The number of fused-ring (bicyclic) bond motifs is 1. The van der Waals surface area contributed by atoms with Gasteiger partial charge in [0.2, 0.25) is 18.6 Å². The van der Waals surface area contributed by atoms with Gasteiger partial charge in [-0.15, -0.1) is 0 Å². The molecule has 0 bridgehead atoms. The van der Waals surface area contributed by atoms with Crippen molar-refractivity contribution in [3.05, 3.63) is 89.5 Å². The van der Waals surface area contributed by atoms with E-state index in [9.17, 15) is 9.59 Å². The Balaban J connectivity index is 1.58. The Hall–Kier alpha value is -4.00. The summed E-state index contributed by atoms with van der Waals surface area (Å²) in [5, 5.41) is 3.04. The molecule has 7 heteroatoms. The zero-order valence-electron chi connectivity index (χ0n) is 20.9. The number of amides is 2. The zero-order chi connectivity index (χ0) is 25.5. The van der Waals surface area contributed by atoms with Crippen LogP contribution in [-0.2, 0) is 29.1 Å². The highest BCUT2D eigenvalue weighted by Crippen LogP contribution is 2.32. The molecule has 3 aromatic carbocycles. The van der Waals surface area contributed by atoms with Crippen molar-refractivity contribution >= 4 is 11.8 Å². The third kappa shape index (κ3) is 6.16. The first-order valence-electron chi connectivity index (χ1n) is 12.1. The van der Waals surface area contributed by atoms with Gasteiger partial charge in [-0.3, -0.25) is 9.59 Å². The number of carbonyl (C=O) groups excluding carboxylic acids is 2. The molecule has 0 saturated heterocycles. The van der Waals surface area contributed by atoms with Crippen LogP contribution in [0.2, 0.25) is 0 Å². The number of ether oxygens (including phenoxy) is 3. The lowest BCUT2D eigenvalue weighted by atomic mass is 10.0. The van der Waals surface area contributed by atoms with E-state index in [4.69, 9.17) is 14.2 Å². The molecule has 1 unspecified atom stereocenters. The highest BCUT2D eigenvalue weighted by molar-refractivity contribution is 5.88. The van der Waals surface area contributed by atoms with Crippen molar-refractivity contribution < 1.29 is 23.8 Å². The molecule has 0 radical (unpaired) electrons. The fourth-order valence-corrected chi connectivity index (χ4v) is 4.14. The molecule has 7 nitrogen and oxygen atoms in total. The number of hydrogen-bond acceptors (Lipinski definition) is 5. The molecule has 1 heterocycles. The first-order valence-corrected chi connectivity index (χ1v) is 12.1. The minimum atomic E-state index is -0.682. The Kier molecular flexibility index (Phi) is 8.10. The van der Waals surface area contributed by atoms with Gasteiger partial charge in [0.05, 0.1) is 7.11 Å². The van der Waals surface area contributed by atoms with Gasteiger partial charge in [0.1, 0.15) is 11.8 Å². The first-order chi connectivity index (χ1) is 17.4. The Bertz CT molecular complexity index is 1180. The molecule has 0 fully saturated rings. The number of benzene rings is 3. The SMILES string of the molecule is COc1ccc(CN(C(=O)C(C)C)C(Cc2ccccc2)C(=O)NCc2ccc3c(c2)OCO3)cc1. The van der Waals surface area contributed by atoms with Crippen LogP contribution in [0.3, 0.4) is 0 Å². The van der Waals surface area contributed by atoms with Gasteiger partial charge < -0.3 is 24.4 Å². The average molecular weight is 489 g/mol. The molecule has 1 atom stereocenters. The zero-order valence-corrected chi connectivity index (χ0v) is 20.9. The summed E-state index contributed by atoms with van der Waals surface area (Å²) in [6.07, 6.45) is 0.405. The van der Waals surface area contributed by atoms with E-state index in [-0.39, 0.29) is 24.5 Å². The molecule has 0 spiro atoms. The highest BCUT2D eigenvalue weighted by atomic mass is 16.7. The molecule has 188 valence electrons. The van der Waals surface area contributed by atoms with Crippen molar-refractivity contribution in [3.8, 4) is 17.2 Å². The van der Waals surface area contributed by atoms with Gasteiger partial charge in [-0.25, -0.2) is 0 Å². The molecule has 1 aliphatic heterocycles. The van der Waals surface area contributed by atoms with Gasteiger partial charge in [-0.2, -0.15) is 0 Å². The molecule has 4 rings (SSSR count). The normalized spacial score (nSPS) is 12.8. The minimum absolute atomic E-state index is 0.0787. The van der Waals surface area contributed by atoms with Crippen molar-refractivity contribution in [2.45, 2.75) is 39.4 Å². The van der Waals surface area contributed by atoms with Gasteiger partial charge in [0.25, 0.3) is 0 Å². The fourth-order valence-electron chi connectivity index (χ4n) is 4.14. The molecule has 0 saturated carbocycles. The van der Waals surface area contributed by atoms with Crippen molar-refractivity contribution in [1.29, 1.82) is 0 Å². The maximum Gasteiger partial charge on any atom is 0.243 e. The molecule has 3 aromatic rings. The van der Waals surface area contributed by atoms with E-state index >= 15 is 0 Å². The van der Waals surface area contributed by atoms with Crippen LogP contribution < -0.4 is 19.5 Å². The van der Waals surface area contributed by atoms with Crippen molar-refractivity contribution in [2.24, 2.45) is 5.92 Å². The topological polar surface area (TPSA) is 77.1 Å². The van der Waals surface area contributed by atoms with E-state index in [2.05, 4.69) is 5.32 Å². The number of nitrogens with zero attached hydrogens (tertiary/aromatic N) is 1. The standard InChI is InChI=1S/C29H32N2O5/c1-20(2)29(33)31(18-22-9-12-24(34-3)13-10-22)25(15-21-7-5-4-6-8-21)28(32)30-17-23-11-14-26-27(16-23)36-19-35-26/h4-14,16,20,25H,15,17-19H2,1-3H3,(H,30,32). The molecular weight excluding hydrogens is 456 g/mol. The quantitative estimate of drug-likeness (QED) is 0.460. The summed E-state index contributed by atoms with van der Waals surface area (Å²) >= 11 is 0. The lowest BCUT2D eigenvalue weighted by Crippen LogP contribution is -2.51. The smallest absolute Gasteiger partial charge is 0.243 e. The van der Waals surface area contributed by atoms with E-state index < -0.39 is 6.04 Å². The summed E-state index contributed by atoms with van der Waals surface area (Å²) in [6, 6.07) is 22.2. The van der Waals surface area contributed by atoms with Crippen LogP contribution in [0, 0.1) is 5.92 Å². The van der Waals surface area contributed by atoms with Gasteiger partial charge in [0.15, 0.2) is 11.5 Å². The number of nitrogens with one attached hydrogen (secondary N) is 1. The van der Waals surface area contributed by atoms with Crippen LogP contribution in [0.1, 0.15) is 30.5 Å². The molecule has 1 aliphatic rings. The van der Waals surface area contributed by atoms with Crippen molar-refractivity contribution in [1.82, 2.24) is 10.2 Å². The molecule has 1 N–H and O–H groups in total. The van der Waals surface area contributed by atoms with E-state index in [1.165, 1.54) is 0 Å². The highest BCUT2D eigenvalue weighted by Gasteiger charge is 2.31. The van der Waals surface area contributed by atoms with Crippen LogP contribution in [0.25, 0.3) is 0 Å². The predicted molar refractivity (Wildman–Crippen MR) is 137 cm³/mol. The summed E-state index contributed by atoms with van der Waals surface area (Å²) < 4.78 is 16.1. The third-order valence-electron chi connectivity index (χ3n) is 6.14. The van der Waals surface area contributed by atoms with Gasteiger partial charge in [-0.1, -0.05) is 62.4 Å². The molecule has 0 aromatic heterocycles. The average Bonchev–Trinajstić information content (AvgIpc) is 3.38. The van der Waals surface area contributed by atoms with Crippen LogP contribution in [-0.4, -0.2) is 36.7 Å². The second kappa shape index (κ2) is 11.6. The second-order valence-corrected chi connectivity index (χ2v) is 9.08. The maximum absolute atomic E-state index is 13.6. The predicted octanol–water partition coefficient (Wildman–Crippen LogP) is 4.34.